The molecule has 0 spiro atoms. The predicted octanol–water partition coefficient (Wildman–Crippen LogP) is 2.69. The number of fused-ring (bicyclic) bond motifs is 6. The summed E-state index contributed by atoms with van der Waals surface area (Å²) in [6.45, 7) is 10.3. The molecular weight excluding hydrogens is 751 g/mol. The fourth-order valence-electron chi connectivity index (χ4n) is 8.53. The normalized spacial score (nSPS) is 18.3. The van der Waals surface area contributed by atoms with Crippen LogP contribution in [0, 0.1) is 0 Å². The van der Waals surface area contributed by atoms with Crippen molar-refractivity contribution in [1.29, 1.82) is 0 Å². The van der Waals surface area contributed by atoms with Crippen molar-refractivity contribution in [3.05, 3.63) is 120 Å². The summed E-state index contributed by atoms with van der Waals surface area (Å²) in [5, 5.41) is 4.80. The molecule has 8 nitrogen and oxygen atoms in total. The molecular formula is C43H50N2Na2O6S2. The Hall–Kier alpha value is -1.96. The summed E-state index contributed by atoms with van der Waals surface area (Å²) in [7, 11) is -8.50. The number of anilines is 2. The summed E-state index contributed by atoms with van der Waals surface area (Å²) < 4.78 is 67.6. The molecule has 4 aromatic rings. The van der Waals surface area contributed by atoms with E-state index in [1.807, 2.05) is 6.07 Å². The molecule has 0 fully saturated rings. The van der Waals surface area contributed by atoms with E-state index in [0.29, 0.717) is 38.8 Å². The summed E-state index contributed by atoms with van der Waals surface area (Å²) in [6.07, 6.45) is 14.5. The molecule has 12 heteroatoms. The first-order valence-corrected chi connectivity index (χ1v) is 21.7. The molecule has 55 heavy (non-hydrogen) atoms. The van der Waals surface area contributed by atoms with E-state index in [2.05, 4.69) is 135 Å². The molecule has 0 amide bonds. The second kappa shape index (κ2) is 18.7. The van der Waals surface area contributed by atoms with Gasteiger partial charge >= 0.3 is 59.1 Å². The zero-order valence-corrected chi connectivity index (χ0v) is 38.8. The molecule has 1 unspecified atom stereocenters. The van der Waals surface area contributed by atoms with E-state index in [0.717, 1.165) is 29.9 Å². The fourth-order valence-corrected chi connectivity index (χ4v) is 9.64. The molecule has 282 valence electrons. The number of allylic oxidation sites excluding steroid dienone is 5. The van der Waals surface area contributed by atoms with Crippen LogP contribution in [-0.2, 0) is 31.1 Å². The molecule has 0 N–H and O–H groups in total. The molecule has 0 saturated heterocycles. The number of unbranched alkanes of at least 4 members (excludes halogenated alkanes) is 3. The Labute approximate surface area is 372 Å². The third-order valence-corrected chi connectivity index (χ3v) is 12.5. The molecule has 2 aliphatic rings. The van der Waals surface area contributed by atoms with Gasteiger partial charge < -0.3 is 18.9 Å². The van der Waals surface area contributed by atoms with Crippen molar-refractivity contribution in [1.82, 2.24) is 0 Å². The Morgan fingerprint density at radius 2 is 1.18 bits per heavy atom. The van der Waals surface area contributed by atoms with Gasteiger partial charge in [-0.1, -0.05) is 113 Å². The predicted molar refractivity (Wildman–Crippen MR) is 216 cm³/mol. The topological polar surface area (TPSA) is 121 Å². The van der Waals surface area contributed by atoms with Crippen LogP contribution in [0.25, 0.3) is 21.5 Å². The first-order valence-electron chi connectivity index (χ1n) is 18.6. The van der Waals surface area contributed by atoms with Gasteiger partial charge in [-0.05, 0) is 89.4 Å². The van der Waals surface area contributed by atoms with Crippen LogP contribution in [0.3, 0.4) is 0 Å². The van der Waals surface area contributed by atoms with Crippen molar-refractivity contribution < 1.29 is 85.1 Å². The van der Waals surface area contributed by atoms with Crippen LogP contribution in [0.1, 0.15) is 77.3 Å². The number of nitrogens with zero attached hydrogens (tertiary/aromatic N) is 2. The van der Waals surface area contributed by atoms with E-state index < -0.39 is 20.2 Å². The molecule has 0 aromatic heterocycles. The van der Waals surface area contributed by atoms with Gasteiger partial charge in [0.05, 0.1) is 26.3 Å². The second-order valence-corrected chi connectivity index (χ2v) is 18.5. The molecule has 0 bridgehead atoms. The number of hydrogen-bond donors (Lipinski definition) is 0. The van der Waals surface area contributed by atoms with E-state index in [1.165, 1.54) is 32.7 Å². The Bertz CT molecular complexity index is 2300. The number of benzene rings is 4. The maximum absolute atomic E-state index is 11.3. The summed E-state index contributed by atoms with van der Waals surface area (Å²) in [6, 6.07) is 25.5. The molecule has 4 aromatic carbocycles. The SMILES string of the molecule is CC1(C)/C(=C\C=C\CC/C=C/C2N(CCCCS(=O)(=O)[O-])c3ccc4ccccc4c3C2(C)C)N(CCCCS(=O)(=O)[O-])c2ccc3ccccc3c21.[Na+].[Na+]. The van der Waals surface area contributed by atoms with Crippen LogP contribution in [0.4, 0.5) is 11.4 Å². The quantitative estimate of drug-likeness (QED) is 0.0780. The first-order chi connectivity index (χ1) is 25.1. The Kier molecular flexibility index (Phi) is 15.6. The Morgan fingerprint density at radius 3 is 1.78 bits per heavy atom. The van der Waals surface area contributed by atoms with Gasteiger partial charge in [0, 0.05) is 52.5 Å². The van der Waals surface area contributed by atoms with Gasteiger partial charge in [-0.25, -0.2) is 16.8 Å². The van der Waals surface area contributed by atoms with Crippen molar-refractivity contribution in [2.75, 3.05) is 34.4 Å². The van der Waals surface area contributed by atoms with Gasteiger partial charge in [0.25, 0.3) is 0 Å². The zero-order chi connectivity index (χ0) is 38.0. The van der Waals surface area contributed by atoms with Crippen molar-refractivity contribution >= 4 is 53.2 Å². The van der Waals surface area contributed by atoms with Crippen molar-refractivity contribution in [3.63, 3.8) is 0 Å². The Morgan fingerprint density at radius 1 is 0.655 bits per heavy atom. The van der Waals surface area contributed by atoms with E-state index >= 15 is 0 Å². The van der Waals surface area contributed by atoms with E-state index in [1.54, 1.807) is 0 Å². The summed E-state index contributed by atoms with van der Waals surface area (Å²) >= 11 is 0. The molecule has 2 aliphatic heterocycles. The summed E-state index contributed by atoms with van der Waals surface area (Å²) in [4.78, 5) is 4.66. The van der Waals surface area contributed by atoms with Crippen LogP contribution in [0.15, 0.2) is 109 Å². The van der Waals surface area contributed by atoms with Crippen molar-refractivity contribution in [2.24, 2.45) is 0 Å². The van der Waals surface area contributed by atoms with Gasteiger partial charge in [0.15, 0.2) is 0 Å². The minimum atomic E-state index is -4.25. The maximum atomic E-state index is 11.3. The third kappa shape index (κ3) is 10.4. The second-order valence-electron chi connectivity index (χ2n) is 15.4. The van der Waals surface area contributed by atoms with Crippen LogP contribution >= 0.6 is 0 Å². The van der Waals surface area contributed by atoms with Crippen LogP contribution < -0.4 is 68.9 Å². The van der Waals surface area contributed by atoms with Gasteiger partial charge in [0.1, 0.15) is 0 Å². The van der Waals surface area contributed by atoms with Gasteiger partial charge in [-0.15, -0.1) is 0 Å². The molecule has 0 saturated carbocycles. The maximum Gasteiger partial charge on any atom is 1.00 e. The molecule has 1 atom stereocenters. The average Bonchev–Trinajstić information content (AvgIpc) is 3.45. The van der Waals surface area contributed by atoms with Crippen molar-refractivity contribution in [2.45, 2.75) is 83.1 Å². The third-order valence-electron chi connectivity index (χ3n) is 11.0. The largest absolute Gasteiger partial charge is 1.00 e. The summed E-state index contributed by atoms with van der Waals surface area (Å²) in [5.74, 6) is -0.702. The molecule has 0 radical (unpaired) electrons. The number of rotatable bonds is 15. The monoisotopic (exact) mass is 800 g/mol. The van der Waals surface area contributed by atoms with E-state index in [9.17, 15) is 25.9 Å². The number of hydrogen-bond acceptors (Lipinski definition) is 8. The minimum absolute atomic E-state index is 0. The van der Waals surface area contributed by atoms with Gasteiger partial charge in [-0.3, -0.25) is 0 Å². The van der Waals surface area contributed by atoms with Crippen LogP contribution in [0.2, 0.25) is 0 Å². The van der Waals surface area contributed by atoms with E-state index in [-0.39, 0.29) is 87.5 Å². The molecule has 0 aliphatic carbocycles. The van der Waals surface area contributed by atoms with Gasteiger partial charge in [0.2, 0.25) is 0 Å². The molecule has 2 heterocycles. The standard InChI is InChI=1S/C43H52N2O6S2.2Na/c1-42(2)38(44(28-14-16-30-52(46,47)48)36-26-24-32-18-10-12-20-34(32)40(36)42)22-8-6-5-7-9-23-39-43(3,4)41-35-21-13-11-19-33(35)25-27-37(41)45(39)29-15-17-31-53(49,50)51;;/h6,8-13,18-27,39H,5,7,14-17,28-31H2,1-4H3,(H,46,47,48)(H,49,50,51);;/q;2*+1/p-2/b8-6+,23-9+,38-22+;;. The zero-order valence-electron chi connectivity index (χ0n) is 33.1. The van der Waals surface area contributed by atoms with Gasteiger partial charge in [-0.2, -0.15) is 0 Å². The van der Waals surface area contributed by atoms with Crippen molar-refractivity contribution in [3.8, 4) is 0 Å². The summed E-state index contributed by atoms with van der Waals surface area (Å²) in [5.41, 5.74) is 5.47. The minimum Gasteiger partial charge on any atom is -0.748 e. The Balaban J connectivity index is 0.00000336. The smallest absolute Gasteiger partial charge is 0.748 e. The van der Waals surface area contributed by atoms with E-state index in [4.69, 9.17) is 0 Å². The van der Waals surface area contributed by atoms with Crippen LogP contribution in [-0.4, -0.2) is 56.6 Å². The first kappa shape index (κ1) is 45.7. The molecule has 6 rings (SSSR count). The average molecular weight is 801 g/mol. The fraction of sp³-hybridized carbons (Fsp3) is 0.395. The van der Waals surface area contributed by atoms with Crippen LogP contribution in [0.5, 0.6) is 0 Å².